The van der Waals surface area contributed by atoms with Gasteiger partial charge in [0.15, 0.2) is 0 Å². The normalized spacial score (nSPS) is 9.77. The molecule has 0 bridgehead atoms. The van der Waals surface area contributed by atoms with Crippen molar-refractivity contribution < 1.29 is 14.6 Å². The first kappa shape index (κ1) is 10.3. The van der Waals surface area contributed by atoms with Gasteiger partial charge in [0, 0.05) is 3.57 Å². The SMILES string of the molecule is COc1cc(C)c(I)cc1C(=O)O. The minimum absolute atomic E-state index is 0.206. The van der Waals surface area contributed by atoms with Crippen molar-refractivity contribution in [3.05, 3.63) is 26.8 Å². The number of hydrogen-bond donors (Lipinski definition) is 1. The van der Waals surface area contributed by atoms with Gasteiger partial charge >= 0.3 is 5.97 Å². The number of aryl methyl sites for hydroxylation is 1. The van der Waals surface area contributed by atoms with Crippen molar-refractivity contribution in [2.24, 2.45) is 0 Å². The predicted molar refractivity (Wildman–Crippen MR) is 57.4 cm³/mol. The summed E-state index contributed by atoms with van der Waals surface area (Å²) in [7, 11) is 1.47. The van der Waals surface area contributed by atoms with Crippen LogP contribution in [-0.4, -0.2) is 18.2 Å². The number of rotatable bonds is 2. The van der Waals surface area contributed by atoms with E-state index in [0.717, 1.165) is 9.13 Å². The Morgan fingerprint density at radius 3 is 2.62 bits per heavy atom. The molecule has 1 rings (SSSR count). The molecule has 0 aromatic heterocycles. The average Bonchev–Trinajstić information content (AvgIpc) is 2.08. The molecule has 0 aliphatic heterocycles. The summed E-state index contributed by atoms with van der Waals surface area (Å²) in [5, 5.41) is 8.83. The van der Waals surface area contributed by atoms with Crippen LogP contribution in [-0.2, 0) is 0 Å². The Kier molecular flexibility index (Phi) is 3.13. The third-order valence-electron chi connectivity index (χ3n) is 1.71. The number of halogens is 1. The molecular formula is C9H9IO3. The largest absolute Gasteiger partial charge is 0.496 e. The van der Waals surface area contributed by atoms with Crippen LogP contribution in [0.3, 0.4) is 0 Å². The summed E-state index contributed by atoms with van der Waals surface area (Å²) in [6, 6.07) is 3.34. The molecule has 4 heteroatoms. The summed E-state index contributed by atoms with van der Waals surface area (Å²) in [6.45, 7) is 1.91. The Morgan fingerprint density at radius 2 is 2.15 bits per heavy atom. The Labute approximate surface area is 89.9 Å². The third kappa shape index (κ3) is 2.12. The molecule has 13 heavy (non-hydrogen) atoms. The van der Waals surface area contributed by atoms with Gasteiger partial charge in [-0.2, -0.15) is 0 Å². The van der Waals surface area contributed by atoms with Gasteiger partial charge < -0.3 is 9.84 Å². The third-order valence-corrected chi connectivity index (χ3v) is 2.87. The molecule has 1 aromatic rings. The van der Waals surface area contributed by atoms with Crippen LogP contribution in [0.1, 0.15) is 15.9 Å². The zero-order chi connectivity index (χ0) is 10.0. The molecule has 0 aliphatic carbocycles. The van der Waals surface area contributed by atoms with Crippen molar-refractivity contribution in [1.29, 1.82) is 0 Å². The van der Waals surface area contributed by atoms with E-state index in [1.807, 2.05) is 6.92 Å². The van der Waals surface area contributed by atoms with Crippen LogP contribution < -0.4 is 4.74 Å². The molecule has 0 saturated carbocycles. The Bertz CT molecular complexity index is 347. The molecule has 3 nitrogen and oxygen atoms in total. The second-order valence-corrected chi connectivity index (χ2v) is 3.77. The number of methoxy groups -OCH3 is 1. The van der Waals surface area contributed by atoms with Crippen LogP contribution in [0.25, 0.3) is 0 Å². The van der Waals surface area contributed by atoms with Gasteiger partial charge in [0.05, 0.1) is 7.11 Å². The van der Waals surface area contributed by atoms with Gasteiger partial charge in [0.2, 0.25) is 0 Å². The number of aromatic carboxylic acids is 1. The highest BCUT2D eigenvalue weighted by Gasteiger charge is 2.12. The van der Waals surface area contributed by atoms with Crippen molar-refractivity contribution >= 4 is 28.6 Å². The second kappa shape index (κ2) is 3.95. The highest BCUT2D eigenvalue weighted by molar-refractivity contribution is 14.1. The molecule has 70 valence electrons. The summed E-state index contributed by atoms with van der Waals surface area (Å²) in [6.07, 6.45) is 0. The summed E-state index contributed by atoms with van der Waals surface area (Å²) in [5.41, 5.74) is 1.22. The summed E-state index contributed by atoms with van der Waals surface area (Å²) in [5.74, 6) is -0.555. The molecule has 1 aromatic carbocycles. The topological polar surface area (TPSA) is 46.5 Å². The van der Waals surface area contributed by atoms with Crippen LogP contribution >= 0.6 is 22.6 Å². The number of ether oxygens (including phenoxy) is 1. The van der Waals surface area contributed by atoms with Crippen LogP contribution in [0.5, 0.6) is 5.75 Å². The fourth-order valence-electron chi connectivity index (χ4n) is 0.991. The highest BCUT2D eigenvalue weighted by atomic mass is 127. The Morgan fingerprint density at radius 1 is 1.54 bits per heavy atom. The lowest BCUT2D eigenvalue weighted by Gasteiger charge is -2.07. The minimum Gasteiger partial charge on any atom is -0.496 e. The van der Waals surface area contributed by atoms with E-state index in [4.69, 9.17) is 9.84 Å². The summed E-state index contributed by atoms with van der Waals surface area (Å²) >= 11 is 2.10. The van der Waals surface area contributed by atoms with Gasteiger partial charge in [0.1, 0.15) is 11.3 Å². The average molecular weight is 292 g/mol. The maximum atomic E-state index is 10.8. The van der Waals surface area contributed by atoms with Crippen LogP contribution in [0.15, 0.2) is 12.1 Å². The van der Waals surface area contributed by atoms with Gasteiger partial charge in [0.25, 0.3) is 0 Å². The molecule has 0 amide bonds. The van der Waals surface area contributed by atoms with Gasteiger partial charge in [-0.3, -0.25) is 0 Å². The predicted octanol–water partition coefficient (Wildman–Crippen LogP) is 2.31. The lowest BCUT2D eigenvalue weighted by Crippen LogP contribution is -2.01. The van der Waals surface area contributed by atoms with E-state index in [1.54, 1.807) is 12.1 Å². The first-order chi connectivity index (χ1) is 6.06. The number of benzene rings is 1. The fraction of sp³-hybridized carbons (Fsp3) is 0.222. The highest BCUT2D eigenvalue weighted by Crippen LogP contribution is 2.24. The Balaban J connectivity index is 3.33. The van der Waals surface area contributed by atoms with Gasteiger partial charge in [-0.15, -0.1) is 0 Å². The molecule has 0 unspecified atom stereocenters. The molecule has 0 aliphatic rings. The number of carbonyl (C=O) groups is 1. The maximum Gasteiger partial charge on any atom is 0.339 e. The fourth-order valence-corrected chi connectivity index (χ4v) is 1.46. The number of carboxylic acid groups (broad SMARTS) is 1. The molecule has 0 atom stereocenters. The molecule has 0 saturated heterocycles. The monoisotopic (exact) mass is 292 g/mol. The van der Waals surface area contributed by atoms with E-state index in [1.165, 1.54) is 7.11 Å². The molecule has 0 spiro atoms. The van der Waals surface area contributed by atoms with Crippen LogP contribution in [0.2, 0.25) is 0 Å². The van der Waals surface area contributed by atoms with E-state index in [0.29, 0.717) is 5.75 Å². The quantitative estimate of drug-likeness (QED) is 0.851. The maximum absolute atomic E-state index is 10.8. The van der Waals surface area contributed by atoms with Crippen molar-refractivity contribution in [2.45, 2.75) is 6.92 Å². The lowest BCUT2D eigenvalue weighted by molar-refractivity contribution is 0.0693. The zero-order valence-electron chi connectivity index (χ0n) is 7.30. The minimum atomic E-state index is -0.963. The van der Waals surface area contributed by atoms with Gasteiger partial charge in [-0.1, -0.05) is 0 Å². The van der Waals surface area contributed by atoms with E-state index in [9.17, 15) is 4.79 Å². The van der Waals surface area contributed by atoms with E-state index < -0.39 is 5.97 Å². The number of hydrogen-bond acceptors (Lipinski definition) is 2. The molecule has 0 heterocycles. The van der Waals surface area contributed by atoms with Gasteiger partial charge in [-0.25, -0.2) is 4.79 Å². The molecule has 1 N–H and O–H groups in total. The Hall–Kier alpha value is -0.780. The number of carboxylic acids is 1. The van der Waals surface area contributed by atoms with E-state index >= 15 is 0 Å². The molecular weight excluding hydrogens is 283 g/mol. The van der Waals surface area contributed by atoms with E-state index in [2.05, 4.69) is 22.6 Å². The van der Waals surface area contributed by atoms with Crippen molar-refractivity contribution in [1.82, 2.24) is 0 Å². The van der Waals surface area contributed by atoms with Crippen molar-refractivity contribution in [3.8, 4) is 5.75 Å². The first-order valence-electron chi connectivity index (χ1n) is 3.63. The standard InChI is InChI=1S/C9H9IO3/c1-5-3-8(13-2)6(9(11)12)4-7(5)10/h3-4H,1-2H3,(H,11,12). The van der Waals surface area contributed by atoms with Crippen molar-refractivity contribution in [3.63, 3.8) is 0 Å². The summed E-state index contributed by atoms with van der Waals surface area (Å²) in [4.78, 5) is 10.8. The summed E-state index contributed by atoms with van der Waals surface area (Å²) < 4.78 is 5.88. The molecule has 0 radical (unpaired) electrons. The lowest BCUT2D eigenvalue weighted by atomic mass is 10.1. The first-order valence-corrected chi connectivity index (χ1v) is 4.71. The van der Waals surface area contributed by atoms with Gasteiger partial charge in [-0.05, 0) is 47.2 Å². The second-order valence-electron chi connectivity index (χ2n) is 2.61. The van der Waals surface area contributed by atoms with Crippen LogP contribution in [0, 0.1) is 10.5 Å². The zero-order valence-corrected chi connectivity index (χ0v) is 9.45. The molecule has 0 fully saturated rings. The van der Waals surface area contributed by atoms with E-state index in [-0.39, 0.29) is 5.56 Å². The smallest absolute Gasteiger partial charge is 0.339 e. The van der Waals surface area contributed by atoms with Crippen molar-refractivity contribution in [2.75, 3.05) is 7.11 Å². The van der Waals surface area contributed by atoms with Crippen LogP contribution in [0.4, 0.5) is 0 Å².